The van der Waals surface area contributed by atoms with Gasteiger partial charge in [-0.25, -0.2) is 0 Å². The molecule has 2 rings (SSSR count). The van der Waals surface area contributed by atoms with Crippen molar-refractivity contribution in [3.63, 3.8) is 0 Å². The Morgan fingerprint density at radius 2 is 2.11 bits per heavy atom. The number of rotatable bonds is 6. The lowest BCUT2D eigenvalue weighted by Gasteiger charge is -2.26. The molecule has 1 aromatic rings. The molecule has 18 heavy (non-hydrogen) atoms. The summed E-state index contributed by atoms with van der Waals surface area (Å²) in [6.07, 6.45) is 3.70. The molecule has 1 aliphatic rings. The van der Waals surface area contributed by atoms with Crippen LogP contribution in [0.5, 0.6) is 5.75 Å². The third kappa shape index (κ3) is 3.26. The molecule has 1 heterocycles. The Hall–Kier alpha value is -1.02. The zero-order valence-electron chi connectivity index (χ0n) is 11.8. The molecule has 2 heteroatoms. The van der Waals surface area contributed by atoms with E-state index in [1.54, 1.807) is 0 Å². The Morgan fingerprint density at radius 3 is 2.78 bits per heavy atom. The minimum atomic E-state index is 0.302. The SMILES string of the molecule is CCCNC(CC(C)C)C1Cc2ccccc2O1. The summed E-state index contributed by atoms with van der Waals surface area (Å²) >= 11 is 0. The molecule has 0 amide bonds. The van der Waals surface area contributed by atoms with Crippen molar-refractivity contribution in [2.45, 2.75) is 52.2 Å². The molecule has 1 aromatic carbocycles. The van der Waals surface area contributed by atoms with Gasteiger partial charge >= 0.3 is 0 Å². The molecule has 0 aromatic heterocycles. The second-order valence-corrected chi connectivity index (χ2v) is 5.66. The molecule has 0 saturated heterocycles. The fraction of sp³-hybridized carbons (Fsp3) is 0.625. The van der Waals surface area contributed by atoms with E-state index in [0.717, 1.165) is 18.7 Å². The summed E-state index contributed by atoms with van der Waals surface area (Å²) in [6.45, 7) is 7.85. The Kier molecular flexibility index (Phi) is 4.65. The number of hydrogen-bond donors (Lipinski definition) is 1. The van der Waals surface area contributed by atoms with Gasteiger partial charge in [0.25, 0.3) is 0 Å². The molecule has 0 radical (unpaired) electrons. The van der Waals surface area contributed by atoms with Crippen LogP contribution < -0.4 is 10.1 Å². The third-order valence-electron chi connectivity index (χ3n) is 3.50. The summed E-state index contributed by atoms with van der Waals surface area (Å²) in [5, 5.41) is 3.65. The molecule has 0 spiro atoms. The van der Waals surface area contributed by atoms with Crippen LogP contribution in [0.15, 0.2) is 24.3 Å². The summed E-state index contributed by atoms with van der Waals surface area (Å²) < 4.78 is 6.10. The average molecular weight is 247 g/mol. The first-order valence-corrected chi connectivity index (χ1v) is 7.18. The quantitative estimate of drug-likeness (QED) is 0.832. The summed E-state index contributed by atoms with van der Waals surface area (Å²) in [6, 6.07) is 8.89. The van der Waals surface area contributed by atoms with E-state index in [4.69, 9.17) is 4.74 Å². The van der Waals surface area contributed by atoms with Crippen molar-refractivity contribution < 1.29 is 4.74 Å². The van der Waals surface area contributed by atoms with Crippen LogP contribution in [0.1, 0.15) is 39.2 Å². The molecule has 2 nitrogen and oxygen atoms in total. The van der Waals surface area contributed by atoms with Gasteiger partial charge in [-0.1, -0.05) is 39.0 Å². The van der Waals surface area contributed by atoms with Crippen molar-refractivity contribution in [1.29, 1.82) is 0 Å². The minimum absolute atomic E-state index is 0.302. The second-order valence-electron chi connectivity index (χ2n) is 5.66. The topological polar surface area (TPSA) is 21.3 Å². The van der Waals surface area contributed by atoms with Gasteiger partial charge < -0.3 is 10.1 Å². The number of ether oxygens (including phenoxy) is 1. The largest absolute Gasteiger partial charge is 0.488 e. The summed E-state index contributed by atoms with van der Waals surface area (Å²) in [7, 11) is 0. The third-order valence-corrected chi connectivity index (χ3v) is 3.50. The van der Waals surface area contributed by atoms with Crippen LogP contribution in [0.2, 0.25) is 0 Å². The molecular weight excluding hydrogens is 222 g/mol. The van der Waals surface area contributed by atoms with Gasteiger partial charge in [0.1, 0.15) is 11.9 Å². The van der Waals surface area contributed by atoms with Crippen LogP contribution in [0, 0.1) is 5.92 Å². The van der Waals surface area contributed by atoms with Gasteiger partial charge in [-0.15, -0.1) is 0 Å². The van der Waals surface area contributed by atoms with Crippen LogP contribution in [0.3, 0.4) is 0 Å². The van der Waals surface area contributed by atoms with Crippen molar-refractivity contribution >= 4 is 0 Å². The van der Waals surface area contributed by atoms with E-state index in [-0.39, 0.29) is 0 Å². The van der Waals surface area contributed by atoms with Gasteiger partial charge in [0, 0.05) is 12.5 Å². The Morgan fingerprint density at radius 1 is 1.33 bits per heavy atom. The number of para-hydroxylation sites is 1. The normalized spacial score (nSPS) is 19.7. The van der Waals surface area contributed by atoms with Crippen LogP contribution in [-0.4, -0.2) is 18.7 Å². The number of benzene rings is 1. The fourth-order valence-corrected chi connectivity index (χ4v) is 2.64. The molecule has 0 saturated carbocycles. The van der Waals surface area contributed by atoms with E-state index in [2.05, 4.69) is 50.4 Å². The molecule has 2 atom stereocenters. The second kappa shape index (κ2) is 6.24. The number of hydrogen-bond acceptors (Lipinski definition) is 2. The highest BCUT2D eigenvalue weighted by molar-refractivity contribution is 5.37. The van der Waals surface area contributed by atoms with Gasteiger partial charge in [-0.2, -0.15) is 0 Å². The predicted molar refractivity (Wildman–Crippen MR) is 76.1 cm³/mol. The molecule has 100 valence electrons. The maximum absolute atomic E-state index is 6.10. The maximum Gasteiger partial charge on any atom is 0.123 e. The van der Waals surface area contributed by atoms with E-state index in [1.807, 2.05) is 0 Å². The van der Waals surface area contributed by atoms with Gasteiger partial charge in [0.05, 0.1) is 0 Å². The van der Waals surface area contributed by atoms with Crippen LogP contribution in [0.4, 0.5) is 0 Å². The first kappa shape index (κ1) is 13.4. The van der Waals surface area contributed by atoms with Gasteiger partial charge in [-0.3, -0.25) is 0 Å². The lowest BCUT2D eigenvalue weighted by Crippen LogP contribution is -2.43. The zero-order chi connectivity index (χ0) is 13.0. The standard InChI is InChI=1S/C16H25NO/c1-4-9-17-14(10-12(2)3)16-11-13-7-5-6-8-15(13)18-16/h5-8,12,14,16-17H,4,9-11H2,1-3H3. The highest BCUT2D eigenvalue weighted by Crippen LogP contribution is 2.30. The Balaban J connectivity index is 2.00. The van der Waals surface area contributed by atoms with Crippen molar-refractivity contribution in [2.75, 3.05) is 6.54 Å². The van der Waals surface area contributed by atoms with E-state index < -0.39 is 0 Å². The van der Waals surface area contributed by atoms with Gasteiger partial charge in [0.15, 0.2) is 0 Å². The summed E-state index contributed by atoms with van der Waals surface area (Å²) in [4.78, 5) is 0. The van der Waals surface area contributed by atoms with Crippen molar-refractivity contribution in [2.24, 2.45) is 5.92 Å². The monoisotopic (exact) mass is 247 g/mol. The van der Waals surface area contributed by atoms with Crippen LogP contribution >= 0.6 is 0 Å². The molecule has 0 bridgehead atoms. The van der Waals surface area contributed by atoms with E-state index in [9.17, 15) is 0 Å². The van der Waals surface area contributed by atoms with Crippen molar-refractivity contribution in [3.8, 4) is 5.75 Å². The highest BCUT2D eigenvalue weighted by atomic mass is 16.5. The van der Waals surface area contributed by atoms with Gasteiger partial charge in [-0.05, 0) is 36.9 Å². The first-order chi connectivity index (χ1) is 8.70. The van der Waals surface area contributed by atoms with E-state index in [1.165, 1.54) is 18.4 Å². The molecule has 2 unspecified atom stereocenters. The average Bonchev–Trinajstić information content (AvgIpc) is 2.77. The summed E-state index contributed by atoms with van der Waals surface area (Å²) in [5.74, 6) is 1.78. The number of nitrogens with one attached hydrogen (secondary N) is 1. The van der Waals surface area contributed by atoms with Crippen LogP contribution in [-0.2, 0) is 6.42 Å². The smallest absolute Gasteiger partial charge is 0.123 e. The molecular formula is C16H25NO. The molecule has 0 aliphatic carbocycles. The lowest BCUT2D eigenvalue weighted by molar-refractivity contribution is 0.163. The lowest BCUT2D eigenvalue weighted by atomic mass is 9.96. The number of fused-ring (bicyclic) bond motifs is 1. The van der Waals surface area contributed by atoms with E-state index >= 15 is 0 Å². The summed E-state index contributed by atoms with van der Waals surface area (Å²) in [5.41, 5.74) is 1.36. The van der Waals surface area contributed by atoms with Crippen molar-refractivity contribution in [1.82, 2.24) is 5.32 Å². The molecule has 1 aliphatic heterocycles. The van der Waals surface area contributed by atoms with Crippen LogP contribution in [0.25, 0.3) is 0 Å². The zero-order valence-corrected chi connectivity index (χ0v) is 11.8. The Labute approximate surface area is 111 Å². The van der Waals surface area contributed by atoms with Crippen molar-refractivity contribution in [3.05, 3.63) is 29.8 Å². The van der Waals surface area contributed by atoms with E-state index in [0.29, 0.717) is 18.1 Å². The molecule has 0 fully saturated rings. The fourth-order valence-electron chi connectivity index (χ4n) is 2.64. The predicted octanol–water partition coefficient (Wildman–Crippen LogP) is 3.40. The molecule has 1 N–H and O–H groups in total. The maximum atomic E-state index is 6.10. The highest BCUT2D eigenvalue weighted by Gasteiger charge is 2.29. The first-order valence-electron chi connectivity index (χ1n) is 7.18. The van der Waals surface area contributed by atoms with Gasteiger partial charge in [0.2, 0.25) is 0 Å². The Bertz CT molecular complexity index is 350. The minimum Gasteiger partial charge on any atom is -0.488 e.